The Morgan fingerprint density at radius 1 is 1.30 bits per heavy atom. The lowest BCUT2D eigenvalue weighted by atomic mass is 10.3. The summed E-state index contributed by atoms with van der Waals surface area (Å²) in [6.07, 6.45) is 2.87. The van der Waals surface area contributed by atoms with E-state index in [1.54, 1.807) is 0 Å². The van der Waals surface area contributed by atoms with E-state index in [0.29, 0.717) is 6.42 Å². The first kappa shape index (κ1) is 7.92. The summed E-state index contributed by atoms with van der Waals surface area (Å²) in [5.74, 6) is 2.57. The van der Waals surface area contributed by atoms with Gasteiger partial charge in [0.05, 0.1) is 0 Å². The van der Waals surface area contributed by atoms with E-state index in [1.807, 2.05) is 11.8 Å². The van der Waals surface area contributed by atoms with Crippen LogP contribution in [0.25, 0.3) is 0 Å². The molecule has 0 bridgehead atoms. The van der Waals surface area contributed by atoms with Gasteiger partial charge in [0.1, 0.15) is 0 Å². The van der Waals surface area contributed by atoms with Crippen LogP contribution in [0.15, 0.2) is 0 Å². The van der Waals surface area contributed by atoms with Gasteiger partial charge in [0.2, 0.25) is 5.91 Å². The molecule has 3 heteroatoms. The summed E-state index contributed by atoms with van der Waals surface area (Å²) in [6.45, 7) is 0.867. The molecule has 1 aliphatic rings. The third-order valence-electron chi connectivity index (χ3n) is 1.48. The highest BCUT2D eigenvalue weighted by Gasteiger charge is 2.02. The van der Waals surface area contributed by atoms with Gasteiger partial charge in [0.25, 0.3) is 0 Å². The molecule has 1 saturated heterocycles. The molecule has 10 heavy (non-hydrogen) atoms. The van der Waals surface area contributed by atoms with Crippen molar-refractivity contribution in [2.45, 2.75) is 19.3 Å². The number of carbonyl (C=O) groups excluding carboxylic acids is 1. The molecule has 1 fully saturated rings. The lowest BCUT2D eigenvalue weighted by Gasteiger charge is -1.98. The summed E-state index contributed by atoms with van der Waals surface area (Å²) in [6, 6.07) is 0. The zero-order chi connectivity index (χ0) is 7.23. The Morgan fingerprint density at radius 3 is 3.00 bits per heavy atom. The molecule has 2 nitrogen and oxygen atoms in total. The highest BCUT2D eigenvalue weighted by atomic mass is 32.2. The van der Waals surface area contributed by atoms with E-state index < -0.39 is 0 Å². The van der Waals surface area contributed by atoms with E-state index in [-0.39, 0.29) is 5.91 Å². The quantitative estimate of drug-likeness (QED) is 0.571. The standard InChI is InChI=1S/C7H13NOS/c9-7-3-1-5-10-6-2-4-8-7/h1-6H2,(H,8,9). The van der Waals surface area contributed by atoms with E-state index in [9.17, 15) is 4.79 Å². The van der Waals surface area contributed by atoms with Gasteiger partial charge in [-0.1, -0.05) is 0 Å². The fraction of sp³-hybridized carbons (Fsp3) is 0.857. The summed E-state index contributed by atoms with van der Waals surface area (Å²) >= 11 is 1.95. The molecule has 0 spiro atoms. The third-order valence-corrected chi connectivity index (χ3v) is 2.63. The molecule has 0 aromatic rings. The van der Waals surface area contributed by atoms with Gasteiger partial charge < -0.3 is 5.32 Å². The van der Waals surface area contributed by atoms with Crippen molar-refractivity contribution in [3.8, 4) is 0 Å². The summed E-state index contributed by atoms with van der Waals surface area (Å²) in [5, 5.41) is 2.87. The molecule has 0 aromatic heterocycles. The Morgan fingerprint density at radius 2 is 2.10 bits per heavy atom. The number of carbonyl (C=O) groups is 1. The highest BCUT2D eigenvalue weighted by molar-refractivity contribution is 7.99. The Kier molecular flexibility index (Phi) is 3.65. The van der Waals surface area contributed by atoms with Crippen LogP contribution in [0.3, 0.4) is 0 Å². The maximum atomic E-state index is 10.9. The Bertz CT molecular complexity index is 104. The van der Waals surface area contributed by atoms with Gasteiger partial charge in [0, 0.05) is 13.0 Å². The SMILES string of the molecule is O=C1CCCSCCCN1. The van der Waals surface area contributed by atoms with Crippen LogP contribution >= 0.6 is 11.8 Å². The van der Waals surface area contributed by atoms with Crippen molar-refractivity contribution in [1.29, 1.82) is 0 Å². The van der Waals surface area contributed by atoms with Crippen LogP contribution in [0.4, 0.5) is 0 Å². The molecule has 1 amide bonds. The van der Waals surface area contributed by atoms with Gasteiger partial charge in [-0.25, -0.2) is 0 Å². The van der Waals surface area contributed by atoms with E-state index in [2.05, 4.69) is 5.32 Å². The largest absolute Gasteiger partial charge is 0.356 e. The minimum atomic E-state index is 0.225. The molecule has 1 aliphatic heterocycles. The first-order valence-corrected chi connectivity index (χ1v) is 4.89. The van der Waals surface area contributed by atoms with Crippen molar-refractivity contribution in [2.24, 2.45) is 0 Å². The lowest BCUT2D eigenvalue weighted by Crippen LogP contribution is -2.23. The molecule has 1 N–H and O–H groups in total. The average Bonchev–Trinajstić information content (AvgIpc) is 2.02. The molecule has 0 aromatic carbocycles. The minimum Gasteiger partial charge on any atom is -0.356 e. The Balaban J connectivity index is 2.21. The lowest BCUT2D eigenvalue weighted by molar-refractivity contribution is -0.121. The van der Waals surface area contributed by atoms with Gasteiger partial charge in [-0.3, -0.25) is 4.79 Å². The third kappa shape index (κ3) is 3.11. The second kappa shape index (κ2) is 4.61. The first-order valence-electron chi connectivity index (χ1n) is 3.74. The Labute approximate surface area is 65.8 Å². The van der Waals surface area contributed by atoms with Gasteiger partial charge in [-0.15, -0.1) is 0 Å². The number of hydrogen-bond donors (Lipinski definition) is 1. The summed E-state index contributed by atoms with van der Waals surface area (Å²) in [7, 11) is 0. The van der Waals surface area contributed by atoms with Gasteiger partial charge in [-0.05, 0) is 24.3 Å². The van der Waals surface area contributed by atoms with Crippen LogP contribution in [0.1, 0.15) is 19.3 Å². The van der Waals surface area contributed by atoms with Crippen molar-refractivity contribution in [3.05, 3.63) is 0 Å². The Hall–Kier alpha value is -0.180. The summed E-state index contributed by atoms with van der Waals surface area (Å²) in [4.78, 5) is 10.9. The molecule has 1 heterocycles. The molecule has 0 radical (unpaired) electrons. The van der Waals surface area contributed by atoms with Gasteiger partial charge >= 0.3 is 0 Å². The van der Waals surface area contributed by atoms with E-state index in [1.165, 1.54) is 5.75 Å². The van der Waals surface area contributed by atoms with E-state index >= 15 is 0 Å². The van der Waals surface area contributed by atoms with E-state index in [0.717, 1.165) is 25.1 Å². The van der Waals surface area contributed by atoms with Crippen LogP contribution < -0.4 is 5.32 Å². The molecule has 0 unspecified atom stereocenters. The topological polar surface area (TPSA) is 29.1 Å². The van der Waals surface area contributed by atoms with Crippen molar-refractivity contribution >= 4 is 17.7 Å². The van der Waals surface area contributed by atoms with Gasteiger partial charge in [0.15, 0.2) is 0 Å². The number of amides is 1. The highest BCUT2D eigenvalue weighted by Crippen LogP contribution is 2.07. The average molecular weight is 159 g/mol. The number of nitrogens with one attached hydrogen (secondary N) is 1. The monoisotopic (exact) mass is 159 g/mol. The zero-order valence-electron chi connectivity index (χ0n) is 6.06. The van der Waals surface area contributed by atoms with Crippen molar-refractivity contribution < 1.29 is 4.79 Å². The molecule has 58 valence electrons. The van der Waals surface area contributed by atoms with Crippen molar-refractivity contribution in [2.75, 3.05) is 18.1 Å². The van der Waals surface area contributed by atoms with E-state index in [4.69, 9.17) is 0 Å². The van der Waals surface area contributed by atoms with Crippen LogP contribution in [0, 0.1) is 0 Å². The fourth-order valence-electron chi connectivity index (χ4n) is 0.927. The fourth-order valence-corrected chi connectivity index (χ4v) is 1.83. The minimum absolute atomic E-state index is 0.225. The number of rotatable bonds is 0. The molecular weight excluding hydrogens is 146 g/mol. The van der Waals surface area contributed by atoms with Crippen molar-refractivity contribution in [1.82, 2.24) is 5.32 Å². The number of thioether (sulfide) groups is 1. The predicted octanol–water partition coefficient (Wildman–Crippen LogP) is 1.02. The molecule has 1 rings (SSSR count). The normalized spacial score (nSPS) is 22.2. The van der Waals surface area contributed by atoms with Gasteiger partial charge in [-0.2, -0.15) is 11.8 Å². The second-order valence-corrected chi connectivity index (χ2v) is 3.64. The second-order valence-electron chi connectivity index (χ2n) is 2.42. The predicted molar refractivity (Wildman–Crippen MR) is 44.2 cm³/mol. The zero-order valence-corrected chi connectivity index (χ0v) is 6.88. The van der Waals surface area contributed by atoms with Crippen LogP contribution in [0.5, 0.6) is 0 Å². The molecule has 0 saturated carbocycles. The smallest absolute Gasteiger partial charge is 0.220 e. The maximum Gasteiger partial charge on any atom is 0.220 e. The summed E-state index contributed by atoms with van der Waals surface area (Å²) < 4.78 is 0. The van der Waals surface area contributed by atoms with Crippen molar-refractivity contribution in [3.63, 3.8) is 0 Å². The molecular formula is C7H13NOS. The van der Waals surface area contributed by atoms with Crippen LogP contribution in [-0.4, -0.2) is 24.0 Å². The molecule has 0 aliphatic carbocycles. The summed E-state index contributed by atoms with van der Waals surface area (Å²) in [5.41, 5.74) is 0. The van der Waals surface area contributed by atoms with Crippen LogP contribution in [0.2, 0.25) is 0 Å². The number of hydrogen-bond acceptors (Lipinski definition) is 2. The van der Waals surface area contributed by atoms with Crippen LogP contribution in [-0.2, 0) is 4.79 Å². The first-order chi connectivity index (χ1) is 4.89. The maximum absolute atomic E-state index is 10.9. The molecule has 0 atom stereocenters.